The zero-order valence-corrected chi connectivity index (χ0v) is 14.5. The second kappa shape index (κ2) is 9.08. The highest BCUT2D eigenvalue weighted by Crippen LogP contribution is 2.36. The Morgan fingerprint density at radius 2 is 2.17 bits per heavy atom. The lowest BCUT2D eigenvalue weighted by Gasteiger charge is -2.44. The van der Waals surface area contributed by atoms with Crippen LogP contribution in [-0.4, -0.2) is 37.6 Å². The number of likely N-dealkylation sites (N-methyl/N-ethyl adjacent to an activating group) is 1. The third-order valence-electron chi connectivity index (χ3n) is 4.17. The molecule has 1 saturated heterocycles. The van der Waals surface area contributed by atoms with Gasteiger partial charge in [-0.2, -0.15) is 0 Å². The van der Waals surface area contributed by atoms with Gasteiger partial charge in [0.15, 0.2) is 0 Å². The average molecular weight is 326 g/mol. The number of hydrogen-bond acceptors (Lipinski definition) is 4. The number of esters is 1. The normalized spacial score (nSPS) is 17.7. The lowest BCUT2D eigenvalue weighted by atomic mass is 9.93. The van der Waals surface area contributed by atoms with Crippen molar-refractivity contribution < 1.29 is 9.53 Å². The number of carbonyl (C=O) groups is 1. The van der Waals surface area contributed by atoms with Crippen molar-refractivity contribution in [3.05, 3.63) is 72.0 Å². The van der Waals surface area contributed by atoms with Crippen LogP contribution < -0.4 is 5.32 Å². The van der Waals surface area contributed by atoms with E-state index in [2.05, 4.69) is 28.9 Å². The molecule has 0 aliphatic carbocycles. The van der Waals surface area contributed by atoms with Crippen LogP contribution in [0.3, 0.4) is 0 Å². The molecule has 1 N–H and O–H groups in total. The summed E-state index contributed by atoms with van der Waals surface area (Å²) in [4.78, 5) is 14.3. The average Bonchev–Trinajstić information content (AvgIpc) is 2.58. The molecule has 0 aromatic heterocycles. The predicted octanol–water partition coefficient (Wildman–Crippen LogP) is 3.46. The van der Waals surface area contributed by atoms with Gasteiger partial charge in [-0.15, -0.1) is 0 Å². The Bertz CT molecular complexity index is 617. The molecule has 24 heavy (non-hydrogen) atoms. The molecule has 128 valence electrons. The molecule has 1 heterocycles. The van der Waals surface area contributed by atoms with E-state index >= 15 is 0 Å². The van der Waals surface area contributed by atoms with Gasteiger partial charge in [-0.25, -0.2) is 4.79 Å². The number of rotatable bonds is 8. The number of nitrogens with zero attached hydrogens (tertiary/aromatic N) is 1. The first kappa shape index (κ1) is 18.0. The van der Waals surface area contributed by atoms with Crippen molar-refractivity contribution in [2.75, 3.05) is 26.7 Å². The van der Waals surface area contributed by atoms with E-state index in [0.717, 1.165) is 13.0 Å². The Kier molecular flexibility index (Phi) is 6.82. The smallest absolute Gasteiger partial charge is 0.338 e. The predicted molar refractivity (Wildman–Crippen MR) is 97.8 cm³/mol. The Morgan fingerprint density at radius 1 is 1.42 bits per heavy atom. The molecule has 2 rings (SSSR count). The van der Waals surface area contributed by atoms with Crippen molar-refractivity contribution in [1.82, 2.24) is 10.2 Å². The highest BCUT2D eigenvalue weighted by molar-refractivity contribution is 5.89. The van der Waals surface area contributed by atoms with Gasteiger partial charge in [0.25, 0.3) is 0 Å². The van der Waals surface area contributed by atoms with Crippen LogP contribution in [-0.2, 0) is 4.74 Å². The number of allylic oxidation sites excluding steroid dienone is 4. The first-order valence-corrected chi connectivity index (χ1v) is 8.35. The van der Waals surface area contributed by atoms with Crippen LogP contribution in [0.5, 0.6) is 0 Å². The van der Waals surface area contributed by atoms with Crippen LogP contribution in [0.15, 0.2) is 60.8 Å². The maximum Gasteiger partial charge on any atom is 0.338 e. The molecule has 0 radical (unpaired) electrons. The van der Waals surface area contributed by atoms with Crippen LogP contribution in [0, 0.1) is 0 Å². The molecular weight excluding hydrogens is 300 g/mol. The fourth-order valence-electron chi connectivity index (χ4n) is 2.74. The molecule has 1 aliphatic rings. The molecule has 1 unspecified atom stereocenters. The summed E-state index contributed by atoms with van der Waals surface area (Å²) in [5, 5.41) is 2.95. The summed E-state index contributed by atoms with van der Waals surface area (Å²) in [6.45, 7) is 7.85. The Hall–Kier alpha value is -2.33. The van der Waals surface area contributed by atoms with Gasteiger partial charge in [0, 0.05) is 18.8 Å². The molecule has 4 nitrogen and oxygen atoms in total. The lowest BCUT2D eigenvalue weighted by Crippen LogP contribution is -2.39. The van der Waals surface area contributed by atoms with E-state index in [1.54, 1.807) is 6.08 Å². The first-order chi connectivity index (χ1) is 11.7. The topological polar surface area (TPSA) is 41.6 Å². The minimum Gasteiger partial charge on any atom is -0.461 e. The molecule has 4 heteroatoms. The number of likely N-dealkylation sites (tertiary alicyclic amines) is 1. The van der Waals surface area contributed by atoms with Gasteiger partial charge in [0.05, 0.1) is 11.6 Å². The molecule has 0 bridgehead atoms. The minimum atomic E-state index is -0.273. The molecule has 1 atom stereocenters. The van der Waals surface area contributed by atoms with Crippen molar-refractivity contribution in [2.24, 2.45) is 0 Å². The van der Waals surface area contributed by atoms with Gasteiger partial charge in [-0.05, 0) is 44.2 Å². The van der Waals surface area contributed by atoms with Gasteiger partial charge >= 0.3 is 5.97 Å². The number of carbonyl (C=O) groups excluding carboxylic acids is 1. The number of nitrogens with one attached hydrogen (secondary N) is 1. The molecule has 0 amide bonds. The van der Waals surface area contributed by atoms with E-state index in [4.69, 9.17) is 4.74 Å². The van der Waals surface area contributed by atoms with Crippen molar-refractivity contribution in [3.63, 3.8) is 0 Å². The Morgan fingerprint density at radius 3 is 2.71 bits per heavy atom. The number of hydrogen-bond donors (Lipinski definition) is 1. The van der Waals surface area contributed by atoms with Crippen molar-refractivity contribution in [2.45, 2.75) is 19.4 Å². The zero-order chi connectivity index (χ0) is 17.4. The summed E-state index contributed by atoms with van der Waals surface area (Å²) >= 11 is 0. The second-order valence-electron chi connectivity index (χ2n) is 5.67. The van der Waals surface area contributed by atoms with Gasteiger partial charge in [0.1, 0.15) is 6.61 Å². The van der Waals surface area contributed by atoms with E-state index in [9.17, 15) is 4.79 Å². The van der Waals surface area contributed by atoms with Crippen LogP contribution in [0.25, 0.3) is 0 Å². The maximum absolute atomic E-state index is 11.9. The summed E-state index contributed by atoms with van der Waals surface area (Å²) in [6.07, 6.45) is 9.04. The SMILES string of the molecule is C=C/C=C\C(=C/C)N1CCC1c1ccc(C(=O)OCCNC)cc1. The van der Waals surface area contributed by atoms with Gasteiger partial charge in [-0.1, -0.05) is 36.9 Å². The fraction of sp³-hybridized carbons (Fsp3) is 0.350. The molecule has 1 aromatic carbocycles. The second-order valence-corrected chi connectivity index (χ2v) is 5.67. The molecule has 1 aliphatic heterocycles. The highest BCUT2D eigenvalue weighted by Gasteiger charge is 2.29. The third-order valence-corrected chi connectivity index (χ3v) is 4.17. The Balaban J connectivity index is 2.01. The van der Waals surface area contributed by atoms with Crippen LogP contribution in [0.4, 0.5) is 0 Å². The summed E-state index contributed by atoms with van der Waals surface area (Å²) in [5.41, 5.74) is 3.01. The Labute approximate surface area is 144 Å². The van der Waals surface area contributed by atoms with E-state index in [1.807, 2.05) is 44.3 Å². The zero-order valence-electron chi connectivity index (χ0n) is 14.5. The van der Waals surface area contributed by atoms with Crippen molar-refractivity contribution in [1.29, 1.82) is 0 Å². The summed E-state index contributed by atoms with van der Waals surface area (Å²) in [7, 11) is 1.83. The molecule has 1 fully saturated rings. The van der Waals surface area contributed by atoms with E-state index in [-0.39, 0.29) is 5.97 Å². The van der Waals surface area contributed by atoms with Crippen LogP contribution >= 0.6 is 0 Å². The highest BCUT2D eigenvalue weighted by atomic mass is 16.5. The van der Waals surface area contributed by atoms with E-state index in [0.29, 0.717) is 24.8 Å². The molecule has 0 spiro atoms. The third kappa shape index (κ3) is 4.36. The monoisotopic (exact) mass is 326 g/mol. The first-order valence-electron chi connectivity index (χ1n) is 8.35. The fourth-order valence-corrected chi connectivity index (χ4v) is 2.74. The van der Waals surface area contributed by atoms with Crippen LogP contribution in [0.2, 0.25) is 0 Å². The van der Waals surface area contributed by atoms with Gasteiger partial charge in [0.2, 0.25) is 0 Å². The van der Waals surface area contributed by atoms with E-state index < -0.39 is 0 Å². The summed E-state index contributed by atoms with van der Waals surface area (Å²) < 4.78 is 5.19. The largest absolute Gasteiger partial charge is 0.461 e. The summed E-state index contributed by atoms with van der Waals surface area (Å²) in [5.74, 6) is -0.273. The van der Waals surface area contributed by atoms with Crippen molar-refractivity contribution >= 4 is 5.97 Å². The van der Waals surface area contributed by atoms with Gasteiger partial charge < -0.3 is 15.0 Å². The van der Waals surface area contributed by atoms with Gasteiger partial charge in [-0.3, -0.25) is 0 Å². The molecule has 0 saturated carbocycles. The van der Waals surface area contributed by atoms with Crippen LogP contribution in [0.1, 0.15) is 35.3 Å². The number of benzene rings is 1. The molecule has 1 aromatic rings. The standard InChI is InChI=1S/C20H26N2O2/c1-4-6-7-18(5-2)22-14-12-19(22)16-8-10-17(11-9-16)20(23)24-15-13-21-3/h4-11,19,21H,1,12-15H2,2-3H3/b7-6-,18-5+. The minimum absolute atomic E-state index is 0.273. The van der Waals surface area contributed by atoms with Crippen molar-refractivity contribution in [3.8, 4) is 0 Å². The summed E-state index contributed by atoms with van der Waals surface area (Å²) in [6, 6.07) is 8.11. The molecular formula is C20H26N2O2. The van der Waals surface area contributed by atoms with E-state index in [1.165, 1.54) is 11.3 Å². The number of ether oxygens (including phenoxy) is 1. The maximum atomic E-state index is 11.9. The quantitative estimate of drug-likeness (QED) is 0.451. The lowest BCUT2D eigenvalue weighted by molar-refractivity contribution is 0.0510.